The van der Waals surface area contributed by atoms with Crippen LogP contribution in [0.5, 0.6) is 11.5 Å². The van der Waals surface area contributed by atoms with E-state index in [0.717, 1.165) is 12.1 Å². The first-order chi connectivity index (χ1) is 18.5. The molecule has 0 N–H and O–H groups in total. The molecule has 0 radical (unpaired) electrons. The Kier molecular flexibility index (Phi) is 6.71. The van der Waals surface area contributed by atoms with Crippen LogP contribution < -0.4 is 8.37 Å². The minimum atomic E-state index is -6.21. The molecule has 224 valence electrons. The molecule has 1 spiro atoms. The summed E-state index contributed by atoms with van der Waals surface area (Å²) in [6, 6.07) is 4.34. The third-order valence-electron chi connectivity index (χ3n) is 7.52. The summed E-state index contributed by atoms with van der Waals surface area (Å²) in [5.74, 6) is -1.89. The van der Waals surface area contributed by atoms with Crippen LogP contribution in [0.1, 0.15) is 83.5 Å². The minimum Gasteiger partial charge on any atom is -0.375 e. The minimum absolute atomic E-state index is 0.0122. The van der Waals surface area contributed by atoms with Crippen LogP contribution in [0.25, 0.3) is 0 Å². The third-order valence-corrected chi connectivity index (χ3v) is 9.45. The highest BCUT2D eigenvalue weighted by Gasteiger charge is 2.59. The number of alkyl halides is 6. The lowest BCUT2D eigenvalue weighted by Gasteiger charge is -2.32. The van der Waals surface area contributed by atoms with Crippen LogP contribution >= 0.6 is 0 Å². The van der Waals surface area contributed by atoms with Gasteiger partial charge in [-0.3, -0.25) is 9.59 Å². The highest BCUT2D eigenvalue weighted by atomic mass is 32.2. The molecule has 2 aromatic carbocycles. The molecule has 0 unspecified atom stereocenters. The Morgan fingerprint density at radius 2 is 0.976 bits per heavy atom. The van der Waals surface area contributed by atoms with Gasteiger partial charge in [-0.2, -0.15) is 43.2 Å². The summed E-state index contributed by atoms with van der Waals surface area (Å²) in [7, 11) is -12.4. The first-order valence-electron chi connectivity index (χ1n) is 11.7. The quantitative estimate of drug-likeness (QED) is 0.180. The lowest BCUT2D eigenvalue weighted by atomic mass is 9.70. The summed E-state index contributed by atoms with van der Waals surface area (Å²) in [5, 5.41) is 0. The van der Waals surface area contributed by atoms with Crippen LogP contribution in [-0.4, -0.2) is 40.4 Å². The topological polar surface area (TPSA) is 121 Å². The molecule has 16 heteroatoms. The maximum Gasteiger partial charge on any atom is 0.534 e. The number of hydrogen-bond acceptors (Lipinski definition) is 8. The van der Waals surface area contributed by atoms with Gasteiger partial charge >= 0.3 is 31.3 Å². The fourth-order valence-electron chi connectivity index (χ4n) is 6.31. The molecule has 2 aromatic rings. The summed E-state index contributed by atoms with van der Waals surface area (Å²) in [4.78, 5) is 24.8. The van der Waals surface area contributed by atoms with Crippen molar-refractivity contribution in [3.8, 4) is 11.5 Å². The van der Waals surface area contributed by atoms with E-state index in [0.29, 0.717) is 11.1 Å². The van der Waals surface area contributed by atoms with Gasteiger partial charge in [-0.25, -0.2) is 0 Å². The van der Waals surface area contributed by atoms with Crippen molar-refractivity contribution < 1.29 is 61.1 Å². The Bertz CT molecular complexity index is 1560. The highest BCUT2D eigenvalue weighted by molar-refractivity contribution is 7.88. The smallest absolute Gasteiger partial charge is 0.375 e. The molecule has 41 heavy (non-hydrogen) atoms. The van der Waals surface area contributed by atoms with Crippen LogP contribution in [0.2, 0.25) is 0 Å². The van der Waals surface area contributed by atoms with Crippen molar-refractivity contribution in [3.63, 3.8) is 0 Å². The van der Waals surface area contributed by atoms with E-state index >= 15 is 0 Å². The van der Waals surface area contributed by atoms with Crippen molar-refractivity contribution in [2.24, 2.45) is 0 Å². The van der Waals surface area contributed by atoms with Gasteiger partial charge in [-0.1, -0.05) is 39.8 Å². The maximum atomic E-state index is 13.1. The van der Waals surface area contributed by atoms with Crippen LogP contribution in [0.15, 0.2) is 24.3 Å². The Labute approximate surface area is 230 Å². The van der Waals surface area contributed by atoms with Gasteiger partial charge in [0.05, 0.1) is 11.1 Å². The van der Waals surface area contributed by atoms with Crippen LogP contribution in [-0.2, 0) is 36.5 Å². The molecule has 8 nitrogen and oxygen atoms in total. The second-order valence-corrected chi connectivity index (χ2v) is 14.3. The van der Waals surface area contributed by atoms with E-state index in [1.54, 1.807) is 27.7 Å². The maximum absolute atomic E-state index is 13.1. The van der Waals surface area contributed by atoms with Gasteiger partial charge in [0.1, 0.15) is 0 Å². The summed E-state index contributed by atoms with van der Waals surface area (Å²) in [6.45, 7) is 6.84. The molecule has 0 bridgehead atoms. The van der Waals surface area contributed by atoms with Crippen molar-refractivity contribution in [2.45, 2.75) is 67.8 Å². The molecule has 2 aliphatic carbocycles. The predicted molar refractivity (Wildman–Crippen MR) is 131 cm³/mol. The molecule has 4 rings (SSSR count). The molecule has 0 aliphatic heterocycles. The second-order valence-electron chi connectivity index (χ2n) is 11.2. The summed E-state index contributed by atoms with van der Waals surface area (Å²) < 4.78 is 135. The Morgan fingerprint density at radius 3 is 1.24 bits per heavy atom. The van der Waals surface area contributed by atoms with E-state index in [-0.39, 0.29) is 36.5 Å². The van der Waals surface area contributed by atoms with Gasteiger partial charge in [-0.05, 0) is 58.1 Å². The largest absolute Gasteiger partial charge is 0.534 e. The molecule has 0 saturated heterocycles. The molecule has 0 aromatic heterocycles. The zero-order valence-corrected chi connectivity index (χ0v) is 23.4. The molecular formula is C25H22F6O8S2. The van der Waals surface area contributed by atoms with Gasteiger partial charge < -0.3 is 8.37 Å². The zero-order chi connectivity index (χ0) is 31.2. The first kappa shape index (κ1) is 30.8. The Morgan fingerprint density at radius 1 is 0.659 bits per heavy atom. The number of rotatable bonds is 6. The number of carbonyl (C=O) groups is 2. The first-order valence-corrected chi connectivity index (χ1v) is 14.6. The van der Waals surface area contributed by atoms with E-state index in [4.69, 9.17) is 0 Å². The van der Waals surface area contributed by atoms with Crippen molar-refractivity contribution in [1.82, 2.24) is 0 Å². The van der Waals surface area contributed by atoms with Crippen LogP contribution in [0, 0.1) is 0 Å². The van der Waals surface area contributed by atoms with E-state index in [1.807, 2.05) is 0 Å². The monoisotopic (exact) mass is 628 g/mol. The number of carbonyl (C=O) groups excluding carboxylic acids is 2. The molecule has 0 saturated carbocycles. The Hall–Kier alpha value is -3.14. The van der Waals surface area contributed by atoms with E-state index < -0.39 is 70.1 Å². The van der Waals surface area contributed by atoms with Crippen LogP contribution in [0.3, 0.4) is 0 Å². The summed E-state index contributed by atoms with van der Waals surface area (Å²) in [6.07, 6.45) is 0.309. The van der Waals surface area contributed by atoms with Crippen molar-refractivity contribution in [3.05, 3.63) is 57.6 Å². The van der Waals surface area contributed by atoms with E-state index in [9.17, 15) is 52.8 Å². The molecule has 0 amide bonds. The normalized spacial score (nSPS) is 19.0. The molecular weight excluding hydrogens is 606 g/mol. The van der Waals surface area contributed by atoms with Crippen molar-refractivity contribution in [2.75, 3.05) is 0 Å². The average molecular weight is 629 g/mol. The van der Waals surface area contributed by atoms with Crippen molar-refractivity contribution in [1.29, 1.82) is 0 Å². The fourth-order valence-corrected chi connectivity index (χ4v) is 7.26. The van der Waals surface area contributed by atoms with Crippen molar-refractivity contribution >= 4 is 32.8 Å². The van der Waals surface area contributed by atoms with E-state index in [2.05, 4.69) is 8.37 Å². The summed E-state index contributed by atoms with van der Waals surface area (Å²) >= 11 is 0. The number of benzene rings is 2. The second kappa shape index (κ2) is 8.93. The van der Waals surface area contributed by atoms with Gasteiger partial charge in [0.2, 0.25) is 0 Å². The standard InChI is InChI=1S/C25H22F6O8S2/c1-21(2)11-23(19-13(9-32)17(7-5-15(19)21)38-40(34,35)24(26,27)28)12-22(3,4)16-6-8-18(14(10-33)20(16)23)39-41(36,37)25(29,30)31/h5-10H,11-12H2,1-4H3. The van der Waals surface area contributed by atoms with Crippen LogP contribution in [0.4, 0.5) is 26.3 Å². The number of fused-ring (bicyclic) bond motifs is 4. The Balaban J connectivity index is 2.08. The van der Waals surface area contributed by atoms with Gasteiger partial charge in [-0.15, -0.1) is 0 Å². The fraction of sp³-hybridized carbons (Fsp3) is 0.440. The molecule has 0 atom stereocenters. The molecule has 2 aliphatic rings. The van der Waals surface area contributed by atoms with Gasteiger partial charge in [0.25, 0.3) is 0 Å². The average Bonchev–Trinajstić information content (AvgIpc) is 3.16. The predicted octanol–water partition coefficient (Wildman–Crippen LogP) is 5.42. The lowest BCUT2D eigenvalue weighted by Crippen LogP contribution is -2.31. The lowest BCUT2D eigenvalue weighted by molar-refractivity contribution is -0.0505. The van der Waals surface area contributed by atoms with Gasteiger partial charge in [0, 0.05) is 5.41 Å². The summed E-state index contributed by atoms with van der Waals surface area (Å²) in [5.41, 5.74) is -15.2. The third kappa shape index (κ3) is 4.58. The number of halogens is 6. The highest BCUT2D eigenvalue weighted by Crippen LogP contribution is 2.65. The van der Waals surface area contributed by atoms with E-state index in [1.165, 1.54) is 12.1 Å². The van der Waals surface area contributed by atoms with Gasteiger partial charge in [0.15, 0.2) is 24.1 Å². The molecule has 0 heterocycles. The zero-order valence-electron chi connectivity index (χ0n) is 21.7. The number of aldehydes is 2. The molecule has 0 fully saturated rings. The number of hydrogen-bond donors (Lipinski definition) is 0. The SMILES string of the molecule is CC1(C)CC2(CC(C)(C)c3ccc(OS(=O)(=O)C(F)(F)F)c(C=O)c32)c2c1ccc(OS(=O)(=O)C(F)(F)F)c2C=O.